The Labute approximate surface area is 178 Å². The smallest absolute Gasteiger partial charge is 0.307 e. The maximum atomic E-state index is 13.0. The Hall–Kier alpha value is -4.00. The van der Waals surface area contributed by atoms with Crippen LogP contribution >= 0.6 is 0 Å². The molecule has 31 heavy (non-hydrogen) atoms. The van der Waals surface area contributed by atoms with Crippen LogP contribution < -0.4 is 5.32 Å². The van der Waals surface area contributed by atoms with Crippen molar-refractivity contribution in [1.82, 2.24) is 0 Å². The van der Waals surface area contributed by atoms with Gasteiger partial charge in [0, 0.05) is 23.1 Å². The van der Waals surface area contributed by atoms with Crippen LogP contribution in [0, 0.1) is 0 Å². The van der Waals surface area contributed by atoms with Crippen molar-refractivity contribution in [2.24, 2.45) is 0 Å². The minimum absolute atomic E-state index is 0.0651. The lowest BCUT2D eigenvalue weighted by Crippen LogP contribution is -2.31. The zero-order valence-corrected chi connectivity index (χ0v) is 16.7. The molecule has 1 atom stereocenters. The first-order valence-corrected chi connectivity index (χ1v) is 9.80. The summed E-state index contributed by atoms with van der Waals surface area (Å²) in [4.78, 5) is 50.4. The normalized spacial score (nSPS) is 13.2. The van der Waals surface area contributed by atoms with Crippen LogP contribution in [0.2, 0.25) is 0 Å². The molecule has 7 nitrogen and oxygen atoms in total. The molecule has 1 aromatic heterocycles. The van der Waals surface area contributed by atoms with Gasteiger partial charge >= 0.3 is 5.97 Å². The predicted molar refractivity (Wildman–Crippen MR) is 111 cm³/mol. The molecule has 0 fully saturated rings. The number of nitrogens with one attached hydrogen (secondary N) is 1. The van der Waals surface area contributed by atoms with E-state index in [2.05, 4.69) is 5.32 Å². The summed E-state index contributed by atoms with van der Waals surface area (Å²) in [5.41, 5.74) is 1.19. The third kappa shape index (κ3) is 4.02. The van der Waals surface area contributed by atoms with Gasteiger partial charge in [-0.2, -0.15) is 0 Å². The second-order valence-electron chi connectivity index (χ2n) is 7.13. The SMILES string of the molecule is CC(OC(=O)CCc1ccco1)C(=O)Nc1cccc2c1C(=O)c1ccccc1C2=O. The average molecular weight is 417 g/mol. The first kappa shape index (κ1) is 20.3. The predicted octanol–water partition coefficient (Wildman–Crippen LogP) is 3.56. The Kier molecular flexibility index (Phi) is 5.49. The van der Waals surface area contributed by atoms with Crippen LogP contribution in [0.1, 0.15) is 50.9 Å². The van der Waals surface area contributed by atoms with E-state index in [1.807, 2.05) is 0 Å². The first-order valence-electron chi connectivity index (χ1n) is 9.80. The highest BCUT2D eigenvalue weighted by molar-refractivity contribution is 6.30. The van der Waals surface area contributed by atoms with E-state index in [0.29, 0.717) is 23.3 Å². The van der Waals surface area contributed by atoms with E-state index in [1.54, 1.807) is 54.6 Å². The van der Waals surface area contributed by atoms with E-state index in [9.17, 15) is 19.2 Å². The number of carbonyl (C=O) groups excluding carboxylic acids is 4. The van der Waals surface area contributed by atoms with Gasteiger partial charge in [-0.05, 0) is 25.1 Å². The minimum Gasteiger partial charge on any atom is -0.469 e. The molecular weight excluding hydrogens is 398 g/mol. The van der Waals surface area contributed by atoms with Gasteiger partial charge in [0.1, 0.15) is 5.76 Å². The van der Waals surface area contributed by atoms with Crippen LogP contribution in [-0.2, 0) is 20.7 Å². The summed E-state index contributed by atoms with van der Waals surface area (Å²) >= 11 is 0. The second kappa shape index (κ2) is 8.39. The Morgan fingerprint density at radius 1 is 0.935 bits per heavy atom. The molecule has 2 aromatic carbocycles. The zero-order chi connectivity index (χ0) is 22.0. The molecule has 1 heterocycles. The van der Waals surface area contributed by atoms with E-state index in [-0.39, 0.29) is 34.8 Å². The fourth-order valence-corrected chi connectivity index (χ4v) is 3.47. The standard InChI is InChI=1S/C24H19NO6/c1-14(31-20(26)12-11-15-6-5-13-30-15)24(29)25-19-10-4-9-18-21(19)23(28)17-8-3-2-7-16(17)22(18)27/h2-10,13-14H,11-12H2,1H3,(H,25,29). The molecule has 0 saturated carbocycles. The van der Waals surface area contributed by atoms with Crippen LogP contribution in [0.15, 0.2) is 65.3 Å². The van der Waals surface area contributed by atoms with E-state index in [4.69, 9.17) is 9.15 Å². The number of carbonyl (C=O) groups is 4. The molecule has 0 aliphatic heterocycles. The van der Waals surface area contributed by atoms with Crippen LogP contribution in [0.25, 0.3) is 0 Å². The fraction of sp³-hybridized carbons (Fsp3) is 0.167. The van der Waals surface area contributed by atoms with Gasteiger partial charge in [-0.15, -0.1) is 0 Å². The molecule has 1 amide bonds. The van der Waals surface area contributed by atoms with Gasteiger partial charge in [0.05, 0.1) is 23.9 Å². The summed E-state index contributed by atoms with van der Waals surface area (Å²) in [5, 5.41) is 2.62. The molecule has 1 aliphatic rings. The molecule has 156 valence electrons. The molecule has 7 heteroatoms. The summed E-state index contributed by atoms with van der Waals surface area (Å²) in [6.07, 6.45) is 0.862. The molecule has 1 N–H and O–H groups in total. The van der Waals surface area contributed by atoms with Gasteiger partial charge < -0.3 is 14.5 Å². The van der Waals surface area contributed by atoms with Crippen molar-refractivity contribution >= 4 is 29.1 Å². The second-order valence-corrected chi connectivity index (χ2v) is 7.13. The molecule has 0 spiro atoms. The summed E-state index contributed by atoms with van der Waals surface area (Å²) in [7, 11) is 0. The summed E-state index contributed by atoms with van der Waals surface area (Å²) < 4.78 is 10.4. The van der Waals surface area contributed by atoms with Gasteiger partial charge in [0.15, 0.2) is 17.7 Å². The maximum absolute atomic E-state index is 13.0. The molecule has 0 saturated heterocycles. The molecule has 0 bridgehead atoms. The van der Waals surface area contributed by atoms with Crippen molar-refractivity contribution in [2.45, 2.75) is 25.9 Å². The number of ketones is 2. The Morgan fingerprint density at radius 3 is 2.35 bits per heavy atom. The van der Waals surface area contributed by atoms with Crippen LogP contribution in [0.4, 0.5) is 5.69 Å². The number of amides is 1. The molecule has 3 aromatic rings. The number of hydrogen-bond acceptors (Lipinski definition) is 6. The van der Waals surface area contributed by atoms with E-state index in [0.717, 1.165) is 0 Å². The number of esters is 1. The quantitative estimate of drug-likeness (QED) is 0.481. The monoisotopic (exact) mass is 417 g/mol. The Bertz CT molecular complexity index is 1180. The zero-order valence-electron chi connectivity index (χ0n) is 16.7. The van der Waals surface area contributed by atoms with E-state index in [1.165, 1.54) is 13.2 Å². The van der Waals surface area contributed by atoms with Gasteiger partial charge in [-0.3, -0.25) is 19.2 Å². The van der Waals surface area contributed by atoms with Crippen LogP contribution in [0.5, 0.6) is 0 Å². The largest absolute Gasteiger partial charge is 0.469 e. The lowest BCUT2D eigenvalue weighted by atomic mass is 9.83. The lowest BCUT2D eigenvalue weighted by Gasteiger charge is -2.21. The van der Waals surface area contributed by atoms with E-state index < -0.39 is 18.0 Å². The maximum Gasteiger partial charge on any atom is 0.307 e. The van der Waals surface area contributed by atoms with Gasteiger partial charge in [0.25, 0.3) is 5.91 Å². The molecule has 0 radical (unpaired) electrons. The molecule has 4 rings (SSSR count). The summed E-state index contributed by atoms with van der Waals surface area (Å²) in [6.45, 7) is 1.44. The van der Waals surface area contributed by atoms with Crippen LogP contribution in [-0.4, -0.2) is 29.5 Å². The van der Waals surface area contributed by atoms with Gasteiger partial charge in [-0.1, -0.05) is 36.4 Å². The highest BCUT2D eigenvalue weighted by atomic mass is 16.5. The Balaban J connectivity index is 1.47. The highest BCUT2D eigenvalue weighted by Crippen LogP contribution is 2.32. The van der Waals surface area contributed by atoms with Crippen molar-refractivity contribution in [3.8, 4) is 0 Å². The first-order chi connectivity index (χ1) is 15.0. The van der Waals surface area contributed by atoms with Crippen molar-refractivity contribution in [3.05, 3.63) is 88.9 Å². The van der Waals surface area contributed by atoms with Gasteiger partial charge in [-0.25, -0.2) is 0 Å². The number of furan rings is 1. The lowest BCUT2D eigenvalue weighted by molar-refractivity contribution is -0.153. The number of benzene rings is 2. The average Bonchev–Trinajstić information content (AvgIpc) is 3.29. The number of fused-ring (bicyclic) bond motifs is 2. The van der Waals surface area contributed by atoms with E-state index >= 15 is 0 Å². The Morgan fingerprint density at radius 2 is 1.65 bits per heavy atom. The van der Waals surface area contributed by atoms with Crippen molar-refractivity contribution in [2.75, 3.05) is 5.32 Å². The minimum atomic E-state index is -1.08. The molecular formula is C24H19NO6. The van der Waals surface area contributed by atoms with Crippen molar-refractivity contribution in [1.29, 1.82) is 0 Å². The summed E-state index contributed by atoms with van der Waals surface area (Å²) in [5.74, 6) is -1.12. The number of ether oxygens (including phenoxy) is 1. The number of hydrogen-bond donors (Lipinski definition) is 1. The fourth-order valence-electron chi connectivity index (χ4n) is 3.47. The topological polar surface area (TPSA) is 103 Å². The van der Waals surface area contributed by atoms with Gasteiger partial charge in [0.2, 0.25) is 0 Å². The third-order valence-corrected chi connectivity index (χ3v) is 5.04. The third-order valence-electron chi connectivity index (χ3n) is 5.04. The van der Waals surface area contributed by atoms with Crippen molar-refractivity contribution in [3.63, 3.8) is 0 Å². The van der Waals surface area contributed by atoms with Crippen molar-refractivity contribution < 1.29 is 28.3 Å². The summed E-state index contributed by atoms with van der Waals surface area (Å²) in [6, 6.07) is 14.7. The molecule has 1 aliphatic carbocycles. The molecule has 1 unspecified atom stereocenters. The number of aryl methyl sites for hydroxylation is 1. The number of rotatable bonds is 6. The van der Waals surface area contributed by atoms with Crippen LogP contribution in [0.3, 0.4) is 0 Å². The highest BCUT2D eigenvalue weighted by Gasteiger charge is 2.32. The number of anilines is 1.